The number of ether oxygens (including phenoxy) is 1. The van der Waals surface area contributed by atoms with Crippen molar-refractivity contribution in [3.8, 4) is 5.75 Å². The standard InChI is InChI=1S/C18H19FN2O/c1-13-10-17-18(11-14(13)2)21(12-20-17)8-3-9-22-16-6-4-15(19)5-7-16/h4-7,10-12H,3,8-9H2,1-2H3. The number of hydrogen-bond donors (Lipinski definition) is 0. The molecule has 2 aromatic carbocycles. The second-order valence-corrected chi connectivity index (χ2v) is 5.52. The summed E-state index contributed by atoms with van der Waals surface area (Å²) in [6.07, 6.45) is 2.75. The first kappa shape index (κ1) is 14.6. The molecule has 1 heterocycles. The Bertz CT molecular complexity index is 778. The highest BCUT2D eigenvalue weighted by Crippen LogP contribution is 2.18. The number of imidazole rings is 1. The quantitative estimate of drug-likeness (QED) is 0.658. The van der Waals surface area contributed by atoms with E-state index in [1.165, 1.54) is 23.3 Å². The Labute approximate surface area is 129 Å². The maximum Gasteiger partial charge on any atom is 0.123 e. The number of fused-ring (bicyclic) bond motifs is 1. The monoisotopic (exact) mass is 298 g/mol. The van der Waals surface area contributed by atoms with E-state index in [4.69, 9.17) is 4.74 Å². The van der Waals surface area contributed by atoms with E-state index in [0.29, 0.717) is 12.4 Å². The molecule has 22 heavy (non-hydrogen) atoms. The second-order valence-electron chi connectivity index (χ2n) is 5.52. The van der Waals surface area contributed by atoms with Gasteiger partial charge in [-0.05, 0) is 67.8 Å². The first-order valence-corrected chi connectivity index (χ1v) is 7.44. The van der Waals surface area contributed by atoms with E-state index >= 15 is 0 Å². The third-order valence-electron chi connectivity index (χ3n) is 3.86. The molecule has 114 valence electrons. The van der Waals surface area contributed by atoms with Crippen LogP contribution >= 0.6 is 0 Å². The Morgan fingerprint density at radius 3 is 2.59 bits per heavy atom. The molecule has 3 aromatic rings. The third kappa shape index (κ3) is 3.11. The first-order valence-electron chi connectivity index (χ1n) is 7.44. The predicted octanol–water partition coefficient (Wildman–Crippen LogP) is 4.26. The molecule has 0 spiro atoms. The highest BCUT2D eigenvalue weighted by molar-refractivity contribution is 5.77. The van der Waals surface area contributed by atoms with Crippen molar-refractivity contribution in [2.24, 2.45) is 0 Å². The number of rotatable bonds is 5. The fraction of sp³-hybridized carbons (Fsp3) is 0.278. The Morgan fingerprint density at radius 1 is 1.09 bits per heavy atom. The van der Waals surface area contributed by atoms with Gasteiger partial charge in [0.25, 0.3) is 0 Å². The van der Waals surface area contributed by atoms with Crippen molar-refractivity contribution >= 4 is 11.0 Å². The van der Waals surface area contributed by atoms with E-state index in [-0.39, 0.29) is 5.82 Å². The van der Waals surface area contributed by atoms with Gasteiger partial charge in [-0.1, -0.05) is 0 Å². The van der Waals surface area contributed by atoms with Crippen LogP contribution in [0.25, 0.3) is 11.0 Å². The molecular formula is C18H19FN2O. The average Bonchev–Trinajstić information content (AvgIpc) is 2.88. The van der Waals surface area contributed by atoms with E-state index in [1.807, 2.05) is 6.33 Å². The lowest BCUT2D eigenvalue weighted by Crippen LogP contribution is -2.04. The number of aromatic nitrogens is 2. The maximum atomic E-state index is 12.8. The molecule has 0 amide bonds. The molecule has 3 nitrogen and oxygen atoms in total. The van der Waals surface area contributed by atoms with Crippen LogP contribution in [0, 0.1) is 19.7 Å². The fourth-order valence-corrected chi connectivity index (χ4v) is 2.45. The van der Waals surface area contributed by atoms with Crippen LogP contribution in [-0.2, 0) is 6.54 Å². The lowest BCUT2D eigenvalue weighted by atomic mass is 10.1. The fourth-order valence-electron chi connectivity index (χ4n) is 2.45. The Morgan fingerprint density at radius 2 is 1.82 bits per heavy atom. The normalized spacial score (nSPS) is 11.0. The summed E-state index contributed by atoms with van der Waals surface area (Å²) >= 11 is 0. The summed E-state index contributed by atoms with van der Waals surface area (Å²) in [7, 11) is 0. The van der Waals surface area contributed by atoms with Gasteiger partial charge in [-0.25, -0.2) is 9.37 Å². The van der Waals surface area contributed by atoms with E-state index in [1.54, 1.807) is 12.1 Å². The second kappa shape index (κ2) is 6.18. The largest absolute Gasteiger partial charge is 0.494 e. The van der Waals surface area contributed by atoms with Crippen molar-refractivity contribution in [1.82, 2.24) is 9.55 Å². The number of hydrogen-bond acceptors (Lipinski definition) is 2. The van der Waals surface area contributed by atoms with Gasteiger partial charge in [0.05, 0.1) is 24.0 Å². The van der Waals surface area contributed by atoms with Crippen LogP contribution in [-0.4, -0.2) is 16.2 Å². The van der Waals surface area contributed by atoms with Crippen LogP contribution in [0.4, 0.5) is 4.39 Å². The summed E-state index contributed by atoms with van der Waals surface area (Å²) < 4.78 is 20.6. The zero-order valence-electron chi connectivity index (χ0n) is 12.8. The van der Waals surface area contributed by atoms with E-state index in [2.05, 4.69) is 35.5 Å². The zero-order chi connectivity index (χ0) is 15.5. The Balaban J connectivity index is 1.60. The van der Waals surface area contributed by atoms with Crippen LogP contribution < -0.4 is 4.74 Å². The molecule has 0 saturated heterocycles. The van der Waals surface area contributed by atoms with Gasteiger partial charge in [0, 0.05) is 6.54 Å². The summed E-state index contributed by atoms with van der Waals surface area (Å²) in [4.78, 5) is 4.45. The third-order valence-corrected chi connectivity index (χ3v) is 3.86. The van der Waals surface area contributed by atoms with Gasteiger partial charge >= 0.3 is 0 Å². The van der Waals surface area contributed by atoms with Gasteiger partial charge in [0.15, 0.2) is 0 Å². The number of halogens is 1. The molecule has 0 N–H and O–H groups in total. The summed E-state index contributed by atoms with van der Waals surface area (Å²) in [5.74, 6) is 0.450. The van der Waals surface area contributed by atoms with Crippen molar-refractivity contribution in [2.45, 2.75) is 26.8 Å². The summed E-state index contributed by atoms with van der Waals surface area (Å²) in [5.41, 5.74) is 4.72. The lowest BCUT2D eigenvalue weighted by molar-refractivity contribution is 0.302. The molecule has 0 atom stereocenters. The van der Waals surface area contributed by atoms with Crippen LogP contribution in [0.1, 0.15) is 17.5 Å². The summed E-state index contributed by atoms with van der Waals surface area (Å²) in [6, 6.07) is 10.4. The Hall–Kier alpha value is -2.36. The molecule has 0 aliphatic carbocycles. The number of aryl methyl sites for hydroxylation is 3. The van der Waals surface area contributed by atoms with Crippen molar-refractivity contribution in [3.63, 3.8) is 0 Å². The molecule has 0 unspecified atom stereocenters. The molecule has 0 aliphatic rings. The van der Waals surface area contributed by atoms with E-state index in [0.717, 1.165) is 24.0 Å². The lowest BCUT2D eigenvalue weighted by Gasteiger charge is -2.08. The maximum absolute atomic E-state index is 12.8. The number of benzene rings is 2. The molecule has 1 aromatic heterocycles. The summed E-state index contributed by atoms with van der Waals surface area (Å²) in [6.45, 7) is 5.66. The van der Waals surface area contributed by atoms with Crippen molar-refractivity contribution in [3.05, 3.63) is 59.7 Å². The zero-order valence-corrected chi connectivity index (χ0v) is 12.8. The van der Waals surface area contributed by atoms with Crippen molar-refractivity contribution < 1.29 is 9.13 Å². The molecular weight excluding hydrogens is 279 g/mol. The van der Waals surface area contributed by atoms with Gasteiger partial charge in [-0.3, -0.25) is 0 Å². The topological polar surface area (TPSA) is 27.1 Å². The average molecular weight is 298 g/mol. The predicted molar refractivity (Wildman–Crippen MR) is 85.7 cm³/mol. The van der Waals surface area contributed by atoms with Gasteiger partial charge < -0.3 is 9.30 Å². The molecule has 4 heteroatoms. The Kier molecular flexibility index (Phi) is 4.09. The van der Waals surface area contributed by atoms with E-state index in [9.17, 15) is 4.39 Å². The number of nitrogens with zero attached hydrogens (tertiary/aromatic N) is 2. The molecule has 0 fully saturated rings. The van der Waals surface area contributed by atoms with Gasteiger partial charge in [-0.2, -0.15) is 0 Å². The van der Waals surface area contributed by atoms with Crippen molar-refractivity contribution in [2.75, 3.05) is 6.61 Å². The highest BCUT2D eigenvalue weighted by atomic mass is 19.1. The summed E-state index contributed by atoms with van der Waals surface area (Å²) in [5, 5.41) is 0. The van der Waals surface area contributed by atoms with Crippen LogP contribution in [0.2, 0.25) is 0 Å². The minimum absolute atomic E-state index is 0.247. The molecule has 0 radical (unpaired) electrons. The molecule has 0 saturated carbocycles. The minimum atomic E-state index is -0.247. The molecule has 0 aliphatic heterocycles. The van der Waals surface area contributed by atoms with Gasteiger partial charge in [0.2, 0.25) is 0 Å². The minimum Gasteiger partial charge on any atom is -0.494 e. The molecule has 3 rings (SSSR count). The SMILES string of the molecule is Cc1cc2ncn(CCCOc3ccc(F)cc3)c2cc1C. The van der Waals surface area contributed by atoms with E-state index < -0.39 is 0 Å². The van der Waals surface area contributed by atoms with Gasteiger partial charge in [0.1, 0.15) is 11.6 Å². The highest BCUT2D eigenvalue weighted by Gasteiger charge is 2.05. The van der Waals surface area contributed by atoms with Crippen LogP contribution in [0.5, 0.6) is 5.75 Å². The van der Waals surface area contributed by atoms with Crippen LogP contribution in [0.15, 0.2) is 42.7 Å². The smallest absolute Gasteiger partial charge is 0.123 e. The first-order chi connectivity index (χ1) is 10.6. The van der Waals surface area contributed by atoms with Crippen LogP contribution in [0.3, 0.4) is 0 Å². The van der Waals surface area contributed by atoms with Gasteiger partial charge in [-0.15, -0.1) is 0 Å². The van der Waals surface area contributed by atoms with Crippen molar-refractivity contribution in [1.29, 1.82) is 0 Å². The molecule has 0 bridgehead atoms.